The van der Waals surface area contributed by atoms with Crippen molar-refractivity contribution in [1.82, 2.24) is 5.32 Å². The van der Waals surface area contributed by atoms with Crippen LogP contribution in [0, 0.1) is 0 Å². The lowest BCUT2D eigenvalue weighted by molar-refractivity contribution is -0.0138. The molecule has 0 spiro atoms. The highest BCUT2D eigenvalue weighted by atomic mass is 16.3. The summed E-state index contributed by atoms with van der Waals surface area (Å²) in [5.74, 6) is 0. The van der Waals surface area contributed by atoms with E-state index in [1.54, 1.807) is 0 Å². The van der Waals surface area contributed by atoms with Crippen molar-refractivity contribution in [1.29, 1.82) is 0 Å². The smallest absolute Gasteiger partial charge is 0.0830 e. The third kappa shape index (κ3) is 2.85. The molecule has 1 unspecified atom stereocenters. The van der Waals surface area contributed by atoms with E-state index in [0.29, 0.717) is 0 Å². The number of hydrogen-bond donors (Lipinski definition) is 2. The van der Waals surface area contributed by atoms with E-state index in [9.17, 15) is 5.11 Å². The van der Waals surface area contributed by atoms with Crippen molar-refractivity contribution in [2.24, 2.45) is 0 Å². The Bertz CT molecular complexity index is 358. The molecule has 3 nitrogen and oxygen atoms in total. The highest BCUT2D eigenvalue weighted by Gasteiger charge is 2.36. The summed E-state index contributed by atoms with van der Waals surface area (Å²) in [7, 11) is 0. The largest absolute Gasteiger partial charge is 0.388 e. The Balaban J connectivity index is 1.95. The van der Waals surface area contributed by atoms with E-state index >= 15 is 0 Å². The highest BCUT2D eigenvalue weighted by molar-refractivity contribution is 5.46. The molecular weight excluding hydrogens is 224 g/mol. The Morgan fingerprint density at radius 3 is 2.44 bits per heavy atom. The van der Waals surface area contributed by atoms with Crippen LogP contribution < -0.4 is 10.2 Å². The molecule has 1 heterocycles. The number of benzene rings is 1. The van der Waals surface area contributed by atoms with Crippen LogP contribution in [0.3, 0.4) is 0 Å². The topological polar surface area (TPSA) is 35.5 Å². The van der Waals surface area contributed by atoms with Gasteiger partial charge in [0.05, 0.1) is 5.60 Å². The number of rotatable bonds is 4. The van der Waals surface area contributed by atoms with Gasteiger partial charge in [-0.1, -0.05) is 25.1 Å². The molecule has 1 saturated heterocycles. The monoisotopic (exact) mass is 248 g/mol. The molecule has 100 valence electrons. The van der Waals surface area contributed by atoms with Gasteiger partial charge in [0.15, 0.2) is 0 Å². The third-order valence-corrected chi connectivity index (χ3v) is 4.07. The summed E-state index contributed by atoms with van der Waals surface area (Å²) in [6.45, 7) is 6.93. The summed E-state index contributed by atoms with van der Waals surface area (Å²) in [5.41, 5.74) is 0.706. The lowest BCUT2D eigenvalue weighted by Gasteiger charge is -2.42. The molecule has 0 aliphatic carbocycles. The lowest BCUT2D eigenvalue weighted by atomic mass is 9.85. The molecule has 1 atom stereocenters. The number of nitrogens with zero attached hydrogens (tertiary/aromatic N) is 1. The number of aliphatic hydroxyl groups is 1. The molecular formula is C15H24N2O. The summed E-state index contributed by atoms with van der Waals surface area (Å²) < 4.78 is 0. The second-order valence-corrected chi connectivity index (χ2v) is 5.21. The first-order valence-corrected chi connectivity index (χ1v) is 6.91. The number of anilines is 1. The zero-order chi connectivity index (χ0) is 13.0. The van der Waals surface area contributed by atoms with E-state index in [1.807, 2.05) is 6.07 Å². The average Bonchev–Trinajstić information content (AvgIpc) is 2.41. The van der Waals surface area contributed by atoms with E-state index < -0.39 is 5.60 Å². The molecule has 2 rings (SSSR count). The molecule has 0 radical (unpaired) electrons. The van der Waals surface area contributed by atoms with Gasteiger partial charge >= 0.3 is 0 Å². The maximum absolute atomic E-state index is 10.6. The Morgan fingerprint density at radius 2 is 1.89 bits per heavy atom. The van der Waals surface area contributed by atoms with Gasteiger partial charge in [-0.25, -0.2) is 0 Å². The summed E-state index contributed by atoms with van der Waals surface area (Å²) in [4.78, 5) is 2.35. The quantitative estimate of drug-likeness (QED) is 0.855. The van der Waals surface area contributed by atoms with Crippen molar-refractivity contribution in [3.63, 3.8) is 0 Å². The second-order valence-electron chi connectivity index (χ2n) is 5.21. The van der Waals surface area contributed by atoms with Crippen LogP contribution in [0.1, 0.15) is 26.7 Å². The van der Waals surface area contributed by atoms with Gasteiger partial charge in [0.1, 0.15) is 0 Å². The van der Waals surface area contributed by atoms with Crippen molar-refractivity contribution in [2.75, 3.05) is 24.5 Å². The summed E-state index contributed by atoms with van der Waals surface area (Å²) in [5, 5.41) is 14.0. The molecule has 0 aromatic heterocycles. The maximum Gasteiger partial charge on any atom is 0.0830 e. The molecule has 1 aromatic rings. The van der Waals surface area contributed by atoms with E-state index in [1.165, 1.54) is 5.69 Å². The molecule has 0 saturated carbocycles. The number of likely N-dealkylation sites (N-methyl/N-ethyl adjacent to an activating group) is 1. The van der Waals surface area contributed by atoms with Crippen LogP contribution in [0.2, 0.25) is 0 Å². The fraction of sp³-hybridized carbons (Fsp3) is 0.600. The van der Waals surface area contributed by atoms with Gasteiger partial charge < -0.3 is 15.3 Å². The Kier molecular flexibility index (Phi) is 4.25. The molecule has 18 heavy (non-hydrogen) atoms. The van der Waals surface area contributed by atoms with E-state index in [-0.39, 0.29) is 6.04 Å². The lowest BCUT2D eigenvalue weighted by Crippen LogP contribution is -2.55. The number of hydrogen-bond acceptors (Lipinski definition) is 3. The molecule has 2 N–H and O–H groups in total. The molecule has 1 aromatic carbocycles. The van der Waals surface area contributed by atoms with Crippen LogP contribution in [0.5, 0.6) is 0 Å². The zero-order valence-corrected chi connectivity index (χ0v) is 11.4. The van der Waals surface area contributed by atoms with Crippen LogP contribution in [-0.4, -0.2) is 36.4 Å². The predicted octanol–water partition coefficient (Wildman–Crippen LogP) is 2.02. The van der Waals surface area contributed by atoms with Crippen molar-refractivity contribution in [3.05, 3.63) is 30.3 Å². The van der Waals surface area contributed by atoms with Crippen molar-refractivity contribution in [3.8, 4) is 0 Å². The first-order valence-electron chi connectivity index (χ1n) is 6.91. The Labute approximate surface area is 110 Å². The van der Waals surface area contributed by atoms with Gasteiger partial charge in [-0.05, 0) is 38.4 Å². The normalized spacial score (nSPS) is 20.7. The van der Waals surface area contributed by atoms with Crippen molar-refractivity contribution < 1.29 is 5.11 Å². The van der Waals surface area contributed by atoms with E-state index in [2.05, 4.69) is 48.3 Å². The van der Waals surface area contributed by atoms with E-state index in [0.717, 1.165) is 32.5 Å². The summed E-state index contributed by atoms with van der Waals surface area (Å²) in [6.07, 6.45) is 1.66. The van der Waals surface area contributed by atoms with Crippen LogP contribution >= 0.6 is 0 Å². The van der Waals surface area contributed by atoms with E-state index in [4.69, 9.17) is 0 Å². The minimum atomic E-state index is -0.554. The molecule has 3 heteroatoms. The van der Waals surface area contributed by atoms with Crippen molar-refractivity contribution >= 4 is 5.69 Å². The Hall–Kier alpha value is -1.06. The molecule has 1 aliphatic rings. The van der Waals surface area contributed by atoms with Gasteiger partial charge in [0.2, 0.25) is 0 Å². The van der Waals surface area contributed by atoms with Crippen LogP contribution in [0.15, 0.2) is 30.3 Å². The molecule has 0 amide bonds. The van der Waals surface area contributed by atoms with Crippen molar-refractivity contribution in [2.45, 2.75) is 38.3 Å². The first kappa shape index (κ1) is 13.4. The molecule has 1 fully saturated rings. The van der Waals surface area contributed by atoms with Gasteiger partial charge in [-0.2, -0.15) is 0 Å². The SMILES string of the molecule is CCNC(C)C1(O)CCN(c2ccccc2)CC1. The van der Waals surface area contributed by atoms with Gasteiger partial charge in [-0.15, -0.1) is 0 Å². The third-order valence-electron chi connectivity index (χ3n) is 4.07. The zero-order valence-electron chi connectivity index (χ0n) is 11.4. The second kappa shape index (κ2) is 5.72. The predicted molar refractivity (Wildman–Crippen MR) is 76.0 cm³/mol. The average molecular weight is 248 g/mol. The fourth-order valence-corrected chi connectivity index (χ4v) is 2.72. The van der Waals surface area contributed by atoms with Crippen LogP contribution in [0.25, 0.3) is 0 Å². The summed E-state index contributed by atoms with van der Waals surface area (Å²) in [6, 6.07) is 10.6. The highest BCUT2D eigenvalue weighted by Crippen LogP contribution is 2.28. The number of para-hydroxylation sites is 1. The first-order chi connectivity index (χ1) is 8.65. The maximum atomic E-state index is 10.6. The molecule has 1 aliphatic heterocycles. The van der Waals surface area contributed by atoms with Crippen LogP contribution in [-0.2, 0) is 0 Å². The molecule has 0 bridgehead atoms. The Morgan fingerprint density at radius 1 is 1.28 bits per heavy atom. The van der Waals surface area contributed by atoms with Gasteiger partial charge in [-0.3, -0.25) is 0 Å². The minimum Gasteiger partial charge on any atom is -0.388 e. The van der Waals surface area contributed by atoms with Gasteiger partial charge in [0, 0.05) is 24.8 Å². The summed E-state index contributed by atoms with van der Waals surface area (Å²) >= 11 is 0. The fourth-order valence-electron chi connectivity index (χ4n) is 2.72. The number of nitrogens with one attached hydrogen (secondary N) is 1. The van der Waals surface area contributed by atoms with Gasteiger partial charge in [0.25, 0.3) is 0 Å². The minimum absolute atomic E-state index is 0.167. The van der Waals surface area contributed by atoms with Crippen LogP contribution in [0.4, 0.5) is 5.69 Å². The number of piperidine rings is 1. The standard InChI is InChI=1S/C15H24N2O/c1-3-16-13(2)15(18)9-11-17(12-10-15)14-7-5-4-6-8-14/h4-8,13,16,18H,3,9-12H2,1-2H3.